The molecule has 3 aromatic rings. The molecular formula is C20H24N4O2S. The Morgan fingerprint density at radius 3 is 2.67 bits per heavy atom. The highest BCUT2D eigenvalue weighted by Gasteiger charge is 2.18. The van der Waals surface area contributed by atoms with Gasteiger partial charge in [-0.15, -0.1) is 11.3 Å². The summed E-state index contributed by atoms with van der Waals surface area (Å²) in [5.74, 6) is 0.341. The minimum absolute atomic E-state index is 0.0443. The molecule has 0 fully saturated rings. The van der Waals surface area contributed by atoms with Crippen molar-refractivity contribution >= 4 is 33.4 Å². The van der Waals surface area contributed by atoms with Gasteiger partial charge in [-0.3, -0.25) is 14.2 Å². The standard InChI is InChI=1S/C20H24N4O2S/c1-4-23(5-2)20-22-16-10-11-27-18(16)19(26)24(20)13-17(25)21-12-15-9-7-6-8-14(15)3/h6-11H,4-5,12-13H2,1-3H3,(H,21,25). The number of nitrogens with one attached hydrogen (secondary N) is 1. The molecule has 0 aliphatic carbocycles. The Bertz CT molecular complexity index is 1000. The van der Waals surface area contributed by atoms with E-state index in [1.54, 1.807) is 0 Å². The third-order valence-corrected chi connectivity index (χ3v) is 5.52. The first-order chi connectivity index (χ1) is 13.0. The molecule has 27 heavy (non-hydrogen) atoms. The largest absolute Gasteiger partial charge is 0.350 e. The highest BCUT2D eigenvalue weighted by Crippen LogP contribution is 2.19. The Hall–Kier alpha value is -2.67. The van der Waals surface area contributed by atoms with Crippen molar-refractivity contribution in [1.82, 2.24) is 14.9 Å². The number of carbonyl (C=O) groups is 1. The summed E-state index contributed by atoms with van der Waals surface area (Å²) >= 11 is 1.36. The molecule has 2 aromatic heterocycles. The van der Waals surface area contributed by atoms with Gasteiger partial charge in [0.1, 0.15) is 11.2 Å². The Kier molecular flexibility index (Phi) is 5.91. The Morgan fingerprint density at radius 1 is 1.22 bits per heavy atom. The number of amides is 1. The summed E-state index contributed by atoms with van der Waals surface area (Å²) in [5.41, 5.74) is 2.71. The Labute approximate surface area is 162 Å². The molecule has 1 amide bonds. The fourth-order valence-corrected chi connectivity index (χ4v) is 3.80. The number of thiophene rings is 1. The van der Waals surface area contributed by atoms with Gasteiger partial charge in [0.25, 0.3) is 5.56 Å². The van der Waals surface area contributed by atoms with Crippen LogP contribution in [0.2, 0.25) is 0 Å². The minimum atomic E-state index is -0.202. The van der Waals surface area contributed by atoms with E-state index in [0.29, 0.717) is 35.8 Å². The average molecular weight is 385 g/mol. The molecule has 2 heterocycles. The molecule has 0 radical (unpaired) electrons. The maximum atomic E-state index is 12.9. The molecule has 7 heteroatoms. The zero-order chi connectivity index (χ0) is 19.4. The molecule has 3 rings (SSSR count). The van der Waals surface area contributed by atoms with Crippen LogP contribution in [0.3, 0.4) is 0 Å². The van der Waals surface area contributed by atoms with Crippen LogP contribution in [0.25, 0.3) is 10.2 Å². The van der Waals surface area contributed by atoms with E-state index in [1.807, 2.05) is 61.4 Å². The van der Waals surface area contributed by atoms with Gasteiger partial charge < -0.3 is 10.2 Å². The van der Waals surface area contributed by atoms with Crippen molar-refractivity contribution in [2.75, 3.05) is 18.0 Å². The van der Waals surface area contributed by atoms with Crippen molar-refractivity contribution in [2.45, 2.75) is 33.9 Å². The van der Waals surface area contributed by atoms with E-state index in [9.17, 15) is 9.59 Å². The molecule has 1 N–H and O–H groups in total. The number of benzene rings is 1. The van der Waals surface area contributed by atoms with E-state index >= 15 is 0 Å². The summed E-state index contributed by atoms with van der Waals surface area (Å²) in [6.07, 6.45) is 0. The molecule has 0 aliphatic heterocycles. The van der Waals surface area contributed by atoms with Gasteiger partial charge in [0.15, 0.2) is 0 Å². The van der Waals surface area contributed by atoms with Crippen molar-refractivity contribution in [3.05, 3.63) is 57.2 Å². The normalized spacial score (nSPS) is 10.9. The third kappa shape index (κ3) is 4.03. The van der Waals surface area contributed by atoms with Crippen LogP contribution >= 0.6 is 11.3 Å². The molecule has 0 atom stereocenters. The van der Waals surface area contributed by atoms with E-state index in [4.69, 9.17) is 0 Å². The van der Waals surface area contributed by atoms with E-state index in [2.05, 4.69) is 10.3 Å². The second-order valence-corrected chi connectivity index (χ2v) is 7.23. The maximum Gasteiger partial charge on any atom is 0.273 e. The maximum absolute atomic E-state index is 12.9. The Morgan fingerprint density at radius 2 is 1.96 bits per heavy atom. The van der Waals surface area contributed by atoms with Crippen molar-refractivity contribution in [1.29, 1.82) is 0 Å². The minimum Gasteiger partial charge on any atom is -0.350 e. The first-order valence-corrected chi connectivity index (χ1v) is 9.97. The van der Waals surface area contributed by atoms with Gasteiger partial charge in [0.2, 0.25) is 11.9 Å². The van der Waals surface area contributed by atoms with Gasteiger partial charge in [-0.1, -0.05) is 24.3 Å². The van der Waals surface area contributed by atoms with Crippen LogP contribution in [-0.4, -0.2) is 28.5 Å². The second kappa shape index (κ2) is 8.35. The average Bonchev–Trinajstić information content (AvgIpc) is 3.14. The van der Waals surface area contributed by atoms with Gasteiger partial charge in [-0.2, -0.15) is 0 Å². The summed E-state index contributed by atoms with van der Waals surface area (Å²) in [4.78, 5) is 32.1. The van der Waals surface area contributed by atoms with Gasteiger partial charge in [0.05, 0.1) is 5.52 Å². The van der Waals surface area contributed by atoms with Crippen LogP contribution in [-0.2, 0) is 17.9 Å². The van der Waals surface area contributed by atoms with Crippen molar-refractivity contribution in [3.8, 4) is 0 Å². The molecule has 0 spiro atoms. The number of aryl methyl sites for hydroxylation is 1. The van der Waals surface area contributed by atoms with E-state index in [1.165, 1.54) is 15.9 Å². The molecule has 0 unspecified atom stereocenters. The first-order valence-electron chi connectivity index (χ1n) is 9.09. The monoisotopic (exact) mass is 384 g/mol. The quantitative estimate of drug-likeness (QED) is 0.680. The smallest absolute Gasteiger partial charge is 0.273 e. The van der Waals surface area contributed by atoms with Crippen LogP contribution in [0.4, 0.5) is 5.95 Å². The first kappa shape index (κ1) is 19.1. The van der Waals surface area contributed by atoms with Gasteiger partial charge in [-0.25, -0.2) is 4.98 Å². The van der Waals surface area contributed by atoms with Gasteiger partial charge >= 0.3 is 0 Å². The molecule has 1 aromatic carbocycles. The number of fused-ring (bicyclic) bond motifs is 1. The topological polar surface area (TPSA) is 67.2 Å². The van der Waals surface area contributed by atoms with Crippen LogP contribution in [0.1, 0.15) is 25.0 Å². The molecule has 6 nitrogen and oxygen atoms in total. The molecule has 142 valence electrons. The molecule has 0 saturated heterocycles. The summed E-state index contributed by atoms with van der Waals surface area (Å²) in [5, 5.41) is 4.77. The lowest BCUT2D eigenvalue weighted by Gasteiger charge is -2.23. The number of aromatic nitrogens is 2. The zero-order valence-electron chi connectivity index (χ0n) is 15.9. The predicted octanol–water partition coefficient (Wildman–Crippen LogP) is 2.93. The zero-order valence-corrected chi connectivity index (χ0v) is 16.7. The second-order valence-electron chi connectivity index (χ2n) is 6.31. The van der Waals surface area contributed by atoms with E-state index < -0.39 is 0 Å². The third-order valence-electron chi connectivity index (χ3n) is 4.63. The number of anilines is 1. The van der Waals surface area contributed by atoms with E-state index in [0.717, 1.165) is 11.1 Å². The number of hydrogen-bond acceptors (Lipinski definition) is 5. The molecule has 0 saturated carbocycles. The fourth-order valence-electron chi connectivity index (χ4n) is 3.02. The highest BCUT2D eigenvalue weighted by molar-refractivity contribution is 7.17. The fraction of sp³-hybridized carbons (Fsp3) is 0.350. The van der Waals surface area contributed by atoms with Crippen LogP contribution in [0, 0.1) is 6.92 Å². The summed E-state index contributed by atoms with van der Waals surface area (Å²) < 4.78 is 2.07. The SMILES string of the molecule is CCN(CC)c1nc2ccsc2c(=O)n1CC(=O)NCc1ccccc1C. The van der Waals surface area contributed by atoms with Crippen molar-refractivity contribution < 1.29 is 4.79 Å². The number of rotatable bonds is 7. The molecular weight excluding hydrogens is 360 g/mol. The van der Waals surface area contributed by atoms with Crippen molar-refractivity contribution in [3.63, 3.8) is 0 Å². The van der Waals surface area contributed by atoms with E-state index in [-0.39, 0.29) is 18.0 Å². The van der Waals surface area contributed by atoms with Crippen LogP contribution < -0.4 is 15.8 Å². The highest BCUT2D eigenvalue weighted by atomic mass is 32.1. The summed E-state index contributed by atoms with van der Waals surface area (Å²) in [6.45, 7) is 7.85. The van der Waals surface area contributed by atoms with Gasteiger partial charge in [-0.05, 0) is 43.3 Å². The number of nitrogens with zero attached hydrogens (tertiary/aromatic N) is 3. The molecule has 0 bridgehead atoms. The predicted molar refractivity (Wildman–Crippen MR) is 110 cm³/mol. The summed E-state index contributed by atoms with van der Waals surface area (Å²) in [6, 6.07) is 9.77. The number of carbonyl (C=O) groups excluding carboxylic acids is 1. The number of hydrogen-bond donors (Lipinski definition) is 1. The van der Waals surface area contributed by atoms with Crippen LogP contribution in [0.15, 0.2) is 40.5 Å². The lowest BCUT2D eigenvalue weighted by molar-refractivity contribution is -0.121. The van der Waals surface area contributed by atoms with Gasteiger partial charge in [0, 0.05) is 19.6 Å². The summed E-state index contributed by atoms with van der Waals surface area (Å²) in [7, 11) is 0. The Balaban J connectivity index is 1.87. The van der Waals surface area contributed by atoms with Crippen molar-refractivity contribution in [2.24, 2.45) is 0 Å². The molecule has 0 aliphatic rings. The lowest BCUT2D eigenvalue weighted by atomic mass is 10.1. The lowest BCUT2D eigenvalue weighted by Crippen LogP contribution is -2.37. The van der Waals surface area contributed by atoms with Crippen LogP contribution in [0.5, 0.6) is 0 Å².